The predicted molar refractivity (Wildman–Crippen MR) is 94.8 cm³/mol. The van der Waals surface area contributed by atoms with Gasteiger partial charge >= 0.3 is 0 Å². The zero-order valence-electron chi connectivity index (χ0n) is 14.0. The van der Waals surface area contributed by atoms with E-state index in [1.54, 1.807) is 0 Å². The van der Waals surface area contributed by atoms with Crippen LogP contribution in [0.5, 0.6) is 11.5 Å². The molecule has 0 aliphatic carbocycles. The molecule has 0 fully saturated rings. The maximum atomic E-state index is 12.2. The molecule has 8 nitrogen and oxygen atoms in total. The minimum atomic E-state index is -0.541. The van der Waals surface area contributed by atoms with Gasteiger partial charge in [0.05, 0.1) is 22.7 Å². The molecular weight excluding hydrogens is 362 g/mol. The molecule has 2 aromatic carbocycles. The average molecular weight is 379 g/mol. The number of likely N-dealkylation sites (N-methyl/N-ethyl adjacent to an activating group) is 1. The van der Waals surface area contributed by atoms with E-state index in [0.717, 1.165) is 16.2 Å². The van der Waals surface area contributed by atoms with E-state index in [9.17, 15) is 14.9 Å². The predicted octanol–water partition coefficient (Wildman–Crippen LogP) is 1.63. The SMILES string of the molecule is C[NH+](CC(=O)Nc1ccc([N+](=O)[O-])cc1Cl)Cc1ccc2c(c1)OCO2. The Morgan fingerprint density at radius 2 is 2.04 bits per heavy atom. The molecule has 136 valence electrons. The molecular formula is C17H17ClN3O5+. The number of amides is 1. The lowest BCUT2D eigenvalue weighted by atomic mass is 10.2. The van der Waals surface area contributed by atoms with E-state index in [4.69, 9.17) is 21.1 Å². The Morgan fingerprint density at radius 3 is 2.77 bits per heavy atom. The Kier molecular flexibility index (Phi) is 5.24. The fraction of sp³-hybridized carbons (Fsp3) is 0.235. The smallest absolute Gasteiger partial charge is 0.279 e. The first-order valence-electron chi connectivity index (χ1n) is 7.86. The van der Waals surface area contributed by atoms with Crippen molar-refractivity contribution in [1.82, 2.24) is 0 Å². The highest BCUT2D eigenvalue weighted by Crippen LogP contribution is 2.32. The van der Waals surface area contributed by atoms with Gasteiger partial charge in [0.15, 0.2) is 18.0 Å². The second kappa shape index (κ2) is 7.59. The summed E-state index contributed by atoms with van der Waals surface area (Å²) in [5.41, 5.74) is 1.24. The summed E-state index contributed by atoms with van der Waals surface area (Å²) in [6.45, 7) is 1.06. The number of fused-ring (bicyclic) bond motifs is 1. The number of nitro groups is 1. The number of quaternary nitrogens is 1. The van der Waals surface area contributed by atoms with Crippen molar-refractivity contribution in [3.63, 3.8) is 0 Å². The number of benzene rings is 2. The number of nitro benzene ring substituents is 1. The minimum absolute atomic E-state index is 0.126. The summed E-state index contributed by atoms with van der Waals surface area (Å²) in [5, 5.41) is 13.5. The van der Waals surface area contributed by atoms with Crippen LogP contribution in [0.2, 0.25) is 5.02 Å². The van der Waals surface area contributed by atoms with Crippen molar-refractivity contribution < 1.29 is 24.1 Å². The van der Waals surface area contributed by atoms with Gasteiger partial charge in [-0.3, -0.25) is 14.9 Å². The summed E-state index contributed by atoms with van der Waals surface area (Å²) in [7, 11) is 1.89. The fourth-order valence-corrected chi connectivity index (χ4v) is 2.87. The first-order chi connectivity index (χ1) is 12.4. The molecule has 1 heterocycles. The summed E-state index contributed by atoms with van der Waals surface area (Å²) >= 11 is 5.99. The largest absolute Gasteiger partial charge is 0.454 e. The molecule has 1 atom stereocenters. The number of anilines is 1. The third kappa shape index (κ3) is 4.22. The Labute approximate surface area is 154 Å². The minimum Gasteiger partial charge on any atom is -0.454 e. The molecule has 1 aliphatic heterocycles. The average Bonchev–Trinajstić information content (AvgIpc) is 3.04. The number of halogens is 1. The third-order valence-corrected chi connectivity index (χ3v) is 4.16. The van der Waals surface area contributed by atoms with E-state index in [0.29, 0.717) is 18.0 Å². The number of non-ortho nitro benzene ring substituents is 1. The molecule has 0 spiro atoms. The van der Waals surface area contributed by atoms with Gasteiger partial charge < -0.3 is 19.7 Å². The van der Waals surface area contributed by atoms with Gasteiger partial charge in [0.2, 0.25) is 6.79 Å². The van der Waals surface area contributed by atoms with E-state index in [1.807, 2.05) is 25.2 Å². The van der Waals surface area contributed by atoms with Crippen molar-refractivity contribution in [3.05, 3.63) is 57.1 Å². The second-order valence-electron chi connectivity index (χ2n) is 5.97. The molecule has 0 radical (unpaired) electrons. The molecule has 3 rings (SSSR count). The van der Waals surface area contributed by atoms with Crippen LogP contribution in [0.3, 0.4) is 0 Å². The van der Waals surface area contributed by atoms with Gasteiger partial charge in [-0.15, -0.1) is 0 Å². The molecule has 0 bridgehead atoms. The van der Waals surface area contributed by atoms with Gasteiger partial charge in [0, 0.05) is 17.7 Å². The molecule has 2 N–H and O–H groups in total. The number of ether oxygens (including phenoxy) is 2. The highest BCUT2D eigenvalue weighted by Gasteiger charge is 2.17. The van der Waals surface area contributed by atoms with Crippen LogP contribution in [-0.2, 0) is 11.3 Å². The number of hydrogen-bond acceptors (Lipinski definition) is 5. The van der Waals surface area contributed by atoms with Crippen molar-refractivity contribution in [1.29, 1.82) is 0 Å². The van der Waals surface area contributed by atoms with E-state index < -0.39 is 4.92 Å². The van der Waals surface area contributed by atoms with Gasteiger partial charge in [0.1, 0.15) is 6.54 Å². The van der Waals surface area contributed by atoms with E-state index in [2.05, 4.69) is 5.32 Å². The summed E-state index contributed by atoms with van der Waals surface area (Å²) in [4.78, 5) is 23.3. The number of hydrogen-bond donors (Lipinski definition) is 2. The molecule has 26 heavy (non-hydrogen) atoms. The molecule has 1 unspecified atom stereocenters. The van der Waals surface area contributed by atoms with Gasteiger partial charge in [-0.25, -0.2) is 0 Å². The maximum absolute atomic E-state index is 12.2. The third-order valence-electron chi connectivity index (χ3n) is 3.84. The number of carbonyl (C=O) groups is 1. The summed E-state index contributed by atoms with van der Waals surface area (Å²) in [6.07, 6.45) is 0. The molecule has 0 aromatic heterocycles. The van der Waals surface area contributed by atoms with Gasteiger partial charge in [-0.05, 0) is 24.3 Å². The van der Waals surface area contributed by atoms with Crippen LogP contribution < -0.4 is 19.7 Å². The maximum Gasteiger partial charge on any atom is 0.279 e. The molecule has 0 saturated carbocycles. The van der Waals surface area contributed by atoms with Gasteiger partial charge in [0.25, 0.3) is 11.6 Å². The lowest BCUT2D eigenvalue weighted by molar-refractivity contribution is -0.885. The Balaban J connectivity index is 1.57. The van der Waals surface area contributed by atoms with E-state index in [1.165, 1.54) is 18.2 Å². The summed E-state index contributed by atoms with van der Waals surface area (Å²) in [5.74, 6) is 1.19. The number of carbonyl (C=O) groups excluding carboxylic acids is 1. The van der Waals surface area contributed by atoms with Gasteiger partial charge in [-0.2, -0.15) is 0 Å². The first kappa shape index (κ1) is 18.0. The fourth-order valence-electron chi connectivity index (χ4n) is 2.65. The Hall–Kier alpha value is -2.84. The van der Waals surface area contributed by atoms with Crippen LogP contribution in [0.15, 0.2) is 36.4 Å². The normalized spacial score (nSPS) is 13.3. The van der Waals surface area contributed by atoms with Crippen molar-refractivity contribution in [2.24, 2.45) is 0 Å². The monoisotopic (exact) mass is 378 g/mol. The van der Waals surface area contributed by atoms with Crippen LogP contribution >= 0.6 is 11.6 Å². The van der Waals surface area contributed by atoms with Gasteiger partial charge in [-0.1, -0.05) is 11.6 Å². The number of rotatable bonds is 6. The Morgan fingerprint density at radius 1 is 1.27 bits per heavy atom. The van der Waals surface area contributed by atoms with Crippen LogP contribution in [0.25, 0.3) is 0 Å². The zero-order chi connectivity index (χ0) is 18.7. The van der Waals surface area contributed by atoms with Crippen LogP contribution in [0.4, 0.5) is 11.4 Å². The topological polar surface area (TPSA) is 95.1 Å². The molecule has 0 saturated heterocycles. The molecule has 1 amide bonds. The van der Waals surface area contributed by atoms with Crippen molar-refractivity contribution in [2.75, 3.05) is 25.7 Å². The van der Waals surface area contributed by atoms with Crippen molar-refractivity contribution in [3.8, 4) is 11.5 Å². The summed E-state index contributed by atoms with van der Waals surface area (Å²) in [6, 6.07) is 9.61. The van der Waals surface area contributed by atoms with E-state index >= 15 is 0 Å². The van der Waals surface area contributed by atoms with Crippen molar-refractivity contribution >= 4 is 28.9 Å². The highest BCUT2D eigenvalue weighted by atomic mass is 35.5. The number of nitrogens with zero attached hydrogens (tertiary/aromatic N) is 1. The Bertz CT molecular complexity index is 858. The van der Waals surface area contributed by atoms with Crippen LogP contribution in [0.1, 0.15) is 5.56 Å². The van der Waals surface area contributed by atoms with Crippen LogP contribution in [-0.4, -0.2) is 31.2 Å². The number of nitrogens with one attached hydrogen (secondary N) is 2. The molecule has 2 aromatic rings. The standard InChI is InChI=1S/C17H16ClN3O5/c1-20(8-11-2-5-15-16(6-11)26-10-25-15)9-17(22)19-14-4-3-12(21(23)24)7-13(14)18/h2-7H,8-10H2,1H3,(H,19,22)/p+1. The quantitative estimate of drug-likeness (QED) is 0.588. The zero-order valence-corrected chi connectivity index (χ0v) is 14.7. The highest BCUT2D eigenvalue weighted by molar-refractivity contribution is 6.33. The molecule has 1 aliphatic rings. The summed E-state index contributed by atoms with van der Waals surface area (Å²) < 4.78 is 10.6. The second-order valence-corrected chi connectivity index (χ2v) is 6.37. The molecule has 9 heteroatoms. The van der Waals surface area contributed by atoms with E-state index in [-0.39, 0.29) is 30.0 Å². The van der Waals surface area contributed by atoms with Crippen LogP contribution in [0, 0.1) is 10.1 Å². The lowest BCUT2D eigenvalue weighted by Gasteiger charge is -2.14. The van der Waals surface area contributed by atoms with Crippen molar-refractivity contribution in [2.45, 2.75) is 6.54 Å². The first-order valence-corrected chi connectivity index (χ1v) is 8.24. The lowest BCUT2D eigenvalue weighted by Crippen LogP contribution is -3.08.